The molecule has 0 spiro atoms. The Kier molecular flexibility index (Phi) is 11.2. The van der Waals surface area contributed by atoms with Crippen LogP contribution in [0.25, 0.3) is 111 Å². The molecular formula is C74H50N4Si. The number of hydrogen-bond donors (Lipinski definition) is 0. The Morgan fingerprint density at radius 1 is 0.241 bits per heavy atom. The maximum atomic E-state index is 5.69. The van der Waals surface area contributed by atoms with E-state index in [-0.39, 0.29) is 0 Å². The van der Waals surface area contributed by atoms with E-state index in [9.17, 15) is 0 Å². The highest BCUT2D eigenvalue weighted by molar-refractivity contribution is 7.19. The molecule has 4 nitrogen and oxygen atoms in total. The minimum absolute atomic E-state index is 0.625. The van der Waals surface area contributed by atoms with Crippen LogP contribution in [-0.2, 0) is 0 Å². The van der Waals surface area contributed by atoms with Gasteiger partial charge in [-0.15, -0.1) is 0 Å². The molecule has 0 N–H and O–H groups in total. The first-order valence-electron chi connectivity index (χ1n) is 27.1. The maximum absolute atomic E-state index is 5.69. The van der Waals surface area contributed by atoms with Crippen molar-refractivity contribution in [2.75, 3.05) is 0 Å². The molecule has 0 aliphatic carbocycles. The van der Waals surface area contributed by atoms with Gasteiger partial charge >= 0.3 is 0 Å². The molecule has 0 saturated heterocycles. The Morgan fingerprint density at radius 3 is 1.37 bits per heavy atom. The molecule has 0 radical (unpaired) electrons. The molecule has 0 aliphatic heterocycles. The molecule has 15 aromatic rings. The van der Waals surface area contributed by atoms with Crippen LogP contribution < -0.4 is 20.7 Å². The van der Waals surface area contributed by atoms with E-state index in [1.807, 2.05) is 0 Å². The third-order valence-electron chi connectivity index (χ3n) is 16.0. The van der Waals surface area contributed by atoms with E-state index in [1.54, 1.807) is 0 Å². The summed E-state index contributed by atoms with van der Waals surface area (Å²) in [5, 5.41) is 11.1. The molecule has 3 aromatic heterocycles. The van der Waals surface area contributed by atoms with Gasteiger partial charge in [-0.05, 0) is 121 Å². The lowest BCUT2D eigenvalue weighted by Crippen LogP contribution is -2.74. The molecule has 12 aromatic carbocycles. The molecule has 0 atom stereocenters. The number of nitrogens with zero attached hydrogens (tertiary/aromatic N) is 4. The minimum atomic E-state index is -2.82. The van der Waals surface area contributed by atoms with Crippen LogP contribution in [0.2, 0.25) is 0 Å². The van der Waals surface area contributed by atoms with Crippen LogP contribution in [0.15, 0.2) is 303 Å². The summed E-state index contributed by atoms with van der Waals surface area (Å²) < 4.78 is 4.64. The van der Waals surface area contributed by atoms with Crippen molar-refractivity contribution in [1.82, 2.24) is 19.1 Å². The quantitative estimate of drug-likeness (QED) is 0.101. The summed E-state index contributed by atoms with van der Waals surface area (Å²) in [7, 11) is -2.82. The standard InChI is InChI=1S/C74H50N4Si/c1-6-23-51(24-7-1)55-45-56(52-25-22-34-62(48-52)79(59-28-10-3-11-29-59,60-30-12-4-13-31-60)61-32-14-5-15-33-61)47-57(46-55)73-66-37-16-19-38-68(66)75-74(76-73)78-70-40-21-18-36-64(70)67-49-53(42-44-71(67)78)54-41-43-65-63-35-17-20-39-69(63)77(72(65)50-54)58-26-8-2-9-27-58/h1-50H. The molecule has 0 unspecified atom stereocenters. The van der Waals surface area contributed by atoms with E-state index in [0.717, 1.165) is 83.0 Å². The van der Waals surface area contributed by atoms with Gasteiger partial charge < -0.3 is 4.57 Å². The SMILES string of the molecule is c1ccc(-c2cc(-c3cccc([Si](c4ccccc4)(c4ccccc4)c4ccccc4)c3)cc(-c3nc(-n4c5ccccc5c5cc(-c6ccc7c8ccccc8n(-c8ccccc8)c7c6)ccc54)nc4ccccc34)c2)cc1. The van der Waals surface area contributed by atoms with Gasteiger partial charge in [-0.25, -0.2) is 9.97 Å². The summed E-state index contributed by atoms with van der Waals surface area (Å²) in [4.78, 5) is 11.1. The van der Waals surface area contributed by atoms with Gasteiger partial charge in [-0.2, -0.15) is 0 Å². The monoisotopic (exact) mass is 1020 g/mol. The molecule has 5 heteroatoms. The van der Waals surface area contributed by atoms with Gasteiger partial charge in [-0.3, -0.25) is 4.57 Å². The van der Waals surface area contributed by atoms with E-state index in [2.05, 4.69) is 312 Å². The fourth-order valence-corrected chi connectivity index (χ4v) is 17.3. The van der Waals surface area contributed by atoms with Gasteiger partial charge in [0, 0.05) is 38.2 Å². The van der Waals surface area contributed by atoms with Crippen LogP contribution in [-0.4, -0.2) is 27.2 Å². The van der Waals surface area contributed by atoms with Crippen LogP contribution in [0.3, 0.4) is 0 Å². The van der Waals surface area contributed by atoms with E-state index >= 15 is 0 Å². The zero-order valence-electron chi connectivity index (χ0n) is 43.2. The summed E-state index contributed by atoms with van der Waals surface area (Å²) in [6.45, 7) is 0. The number of fused-ring (bicyclic) bond motifs is 7. The average Bonchev–Trinajstić information content (AvgIpc) is 4.23. The lowest BCUT2D eigenvalue weighted by atomic mass is 9.94. The summed E-state index contributed by atoms with van der Waals surface area (Å²) >= 11 is 0. The normalized spacial score (nSPS) is 11.8. The first kappa shape index (κ1) is 46.1. The molecule has 0 amide bonds. The Balaban J connectivity index is 0.910. The molecule has 79 heavy (non-hydrogen) atoms. The molecule has 370 valence electrons. The maximum Gasteiger partial charge on any atom is 0.235 e. The fourth-order valence-electron chi connectivity index (χ4n) is 12.5. The van der Waals surface area contributed by atoms with Crippen molar-refractivity contribution in [3.8, 4) is 56.3 Å². The summed E-state index contributed by atoms with van der Waals surface area (Å²) in [5.74, 6) is 0.625. The summed E-state index contributed by atoms with van der Waals surface area (Å²) in [5.41, 5.74) is 15.2. The first-order valence-corrected chi connectivity index (χ1v) is 29.1. The fraction of sp³-hybridized carbons (Fsp3) is 0. The Bertz CT molecular complexity index is 4660. The lowest BCUT2D eigenvalue weighted by molar-refractivity contribution is 1.01. The van der Waals surface area contributed by atoms with Crippen molar-refractivity contribution in [2.45, 2.75) is 0 Å². The second-order valence-electron chi connectivity index (χ2n) is 20.5. The lowest BCUT2D eigenvalue weighted by Gasteiger charge is -2.34. The van der Waals surface area contributed by atoms with E-state index in [4.69, 9.17) is 9.97 Å². The van der Waals surface area contributed by atoms with Crippen molar-refractivity contribution < 1.29 is 0 Å². The van der Waals surface area contributed by atoms with Crippen molar-refractivity contribution in [1.29, 1.82) is 0 Å². The topological polar surface area (TPSA) is 35.6 Å². The zero-order chi connectivity index (χ0) is 52.3. The van der Waals surface area contributed by atoms with E-state index in [0.29, 0.717) is 5.95 Å². The third kappa shape index (κ3) is 7.73. The highest BCUT2D eigenvalue weighted by Crippen LogP contribution is 2.40. The molecule has 15 rings (SSSR count). The second-order valence-corrected chi connectivity index (χ2v) is 24.3. The highest BCUT2D eigenvalue weighted by Gasteiger charge is 2.41. The summed E-state index contributed by atoms with van der Waals surface area (Å²) in [6, 6.07) is 111. The van der Waals surface area contributed by atoms with Gasteiger partial charge in [0.05, 0.1) is 33.3 Å². The number of benzene rings is 12. The van der Waals surface area contributed by atoms with Crippen molar-refractivity contribution in [3.63, 3.8) is 0 Å². The van der Waals surface area contributed by atoms with Gasteiger partial charge in [0.15, 0.2) is 8.07 Å². The number of aromatic nitrogens is 4. The molecule has 0 aliphatic rings. The molecule has 0 bridgehead atoms. The Hall–Kier alpha value is -10.2. The van der Waals surface area contributed by atoms with Crippen LogP contribution in [0.4, 0.5) is 0 Å². The molecule has 0 fully saturated rings. The van der Waals surface area contributed by atoms with Crippen molar-refractivity contribution in [3.05, 3.63) is 303 Å². The first-order chi connectivity index (χ1) is 39.2. The van der Waals surface area contributed by atoms with Crippen molar-refractivity contribution >= 4 is 83.3 Å². The smallest absolute Gasteiger partial charge is 0.235 e. The minimum Gasteiger partial charge on any atom is -0.309 e. The zero-order valence-corrected chi connectivity index (χ0v) is 44.2. The van der Waals surface area contributed by atoms with E-state index < -0.39 is 8.07 Å². The van der Waals surface area contributed by atoms with Crippen molar-refractivity contribution in [2.24, 2.45) is 0 Å². The second kappa shape index (κ2) is 19.1. The molecule has 0 saturated carbocycles. The third-order valence-corrected chi connectivity index (χ3v) is 20.8. The van der Waals surface area contributed by atoms with Gasteiger partial charge in [0.1, 0.15) is 0 Å². The van der Waals surface area contributed by atoms with Gasteiger partial charge in [0.25, 0.3) is 0 Å². The van der Waals surface area contributed by atoms with E-state index in [1.165, 1.54) is 42.6 Å². The molecule has 3 heterocycles. The Morgan fingerprint density at radius 2 is 0.696 bits per heavy atom. The van der Waals surface area contributed by atoms with Gasteiger partial charge in [-0.1, -0.05) is 237 Å². The number of hydrogen-bond acceptors (Lipinski definition) is 2. The Labute approximate surface area is 459 Å². The average molecular weight is 1020 g/mol. The van der Waals surface area contributed by atoms with Crippen LogP contribution in [0.1, 0.15) is 0 Å². The number of rotatable bonds is 10. The van der Waals surface area contributed by atoms with Crippen LogP contribution in [0, 0.1) is 0 Å². The largest absolute Gasteiger partial charge is 0.309 e. The van der Waals surface area contributed by atoms with Crippen LogP contribution in [0.5, 0.6) is 0 Å². The highest BCUT2D eigenvalue weighted by atomic mass is 28.3. The predicted molar refractivity (Wildman–Crippen MR) is 334 cm³/mol. The molecular weight excluding hydrogens is 973 g/mol. The summed E-state index contributed by atoms with van der Waals surface area (Å²) in [6.07, 6.45) is 0. The number of para-hydroxylation sites is 4. The van der Waals surface area contributed by atoms with Crippen LogP contribution >= 0.6 is 0 Å². The predicted octanol–water partition coefficient (Wildman–Crippen LogP) is 15.9. The van der Waals surface area contributed by atoms with Gasteiger partial charge in [0.2, 0.25) is 5.95 Å².